The van der Waals surface area contributed by atoms with Crippen LogP contribution in [0.2, 0.25) is 0 Å². The van der Waals surface area contributed by atoms with E-state index >= 15 is 0 Å². The largest absolute Gasteiger partial charge is 0.296 e. The summed E-state index contributed by atoms with van der Waals surface area (Å²) < 4.78 is 1.57. The Morgan fingerprint density at radius 2 is 2.00 bits per heavy atom. The Bertz CT molecular complexity index is 774. The minimum atomic E-state index is 0.460. The number of fused-ring (bicyclic) bond motifs is 1. The predicted octanol–water partition coefficient (Wildman–Crippen LogP) is 2.83. The van der Waals surface area contributed by atoms with Gasteiger partial charge in [-0.2, -0.15) is 5.10 Å². The summed E-state index contributed by atoms with van der Waals surface area (Å²) in [7, 11) is 0. The maximum Gasteiger partial charge on any atom is 0.170 e. The second-order valence-corrected chi connectivity index (χ2v) is 4.61. The molecule has 0 aliphatic rings. The van der Waals surface area contributed by atoms with Crippen LogP contribution in [0.3, 0.4) is 0 Å². The van der Waals surface area contributed by atoms with Gasteiger partial charge in [0.15, 0.2) is 11.9 Å². The van der Waals surface area contributed by atoms with Crippen LogP contribution in [0.15, 0.2) is 36.5 Å². The van der Waals surface area contributed by atoms with Gasteiger partial charge in [-0.15, -0.1) is 0 Å². The number of imidazole rings is 1. The van der Waals surface area contributed by atoms with Crippen LogP contribution in [-0.4, -0.2) is 20.9 Å². The molecule has 94 valence electrons. The van der Waals surface area contributed by atoms with Crippen LogP contribution < -0.4 is 0 Å². The molecule has 0 fully saturated rings. The van der Waals surface area contributed by atoms with Gasteiger partial charge in [0, 0.05) is 5.56 Å². The van der Waals surface area contributed by atoms with Crippen molar-refractivity contribution in [1.29, 1.82) is 0 Å². The molecular weight excluding hydrogens is 238 g/mol. The highest BCUT2D eigenvalue weighted by Gasteiger charge is 2.08. The Labute approximate surface area is 110 Å². The average molecular weight is 251 g/mol. The van der Waals surface area contributed by atoms with Crippen molar-refractivity contribution in [2.75, 3.05) is 0 Å². The van der Waals surface area contributed by atoms with Crippen LogP contribution in [0.5, 0.6) is 0 Å². The molecule has 2 aromatic heterocycles. The molecule has 0 aliphatic heterocycles. The molecule has 0 bridgehead atoms. The molecule has 3 rings (SSSR count). The van der Waals surface area contributed by atoms with Crippen molar-refractivity contribution >= 4 is 11.9 Å². The lowest BCUT2D eigenvalue weighted by molar-refractivity contribution is 0.111. The second-order valence-electron chi connectivity index (χ2n) is 4.61. The maximum absolute atomic E-state index is 10.9. The van der Waals surface area contributed by atoms with Gasteiger partial charge in [0.05, 0.1) is 11.9 Å². The van der Waals surface area contributed by atoms with Crippen LogP contribution in [0.1, 0.15) is 21.6 Å². The SMILES string of the molecule is Cc1ccc(C)c(-c2ccc3ncc(C=O)n3n2)c1. The minimum Gasteiger partial charge on any atom is -0.296 e. The fraction of sp³-hybridized carbons (Fsp3) is 0.133. The van der Waals surface area contributed by atoms with Gasteiger partial charge in [0.25, 0.3) is 0 Å². The van der Waals surface area contributed by atoms with Crippen molar-refractivity contribution in [3.05, 3.63) is 53.3 Å². The van der Waals surface area contributed by atoms with Crippen LogP contribution >= 0.6 is 0 Å². The van der Waals surface area contributed by atoms with E-state index < -0.39 is 0 Å². The third-order valence-electron chi connectivity index (χ3n) is 3.18. The van der Waals surface area contributed by atoms with Gasteiger partial charge in [-0.05, 0) is 37.6 Å². The van der Waals surface area contributed by atoms with Gasteiger partial charge in [-0.25, -0.2) is 9.50 Å². The van der Waals surface area contributed by atoms with Crippen LogP contribution in [0, 0.1) is 13.8 Å². The number of hydrogen-bond donors (Lipinski definition) is 0. The van der Waals surface area contributed by atoms with Crippen LogP contribution in [0.4, 0.5) is 0 Å². The van der Waals surface area contributed by atoms with Crippen molar-refractivity contribution in [3.8, 4) is 11.3 Å². The number of carbonyl (C=O) groups excluding carboxylic acids is 1. The summed E-state index contributed by atoms with van der Waals surface area (Å²) in [4.78, 5) is 15.1. The van der Waals surface area contributed by atoms with Crippen molar-refractivity contribution in [3.63, 3.8) is 0 Å². The maximum atomic E-state index is 10.9. The third kappa shape index (κ3) is 1.91. The number of aromatic nitrogens is 3. The number of hydrogen-bond acceptors (Lipinski definition) is 3. The van der Waals surface area contributed by atoms with Gasteiger partial charge in [-0.1, -0.05) is 17.7 Å². The summed E-state index contributed by atoms with van der Waals surface area (Å²) in [5, 5.41) is 4.50. The summed E-state index contributed by atoms with van der Waals surface area (Å²) in [6, 6.07) is 10.0. The van der Waals surface area contributed by atoms with Crippen LogP contribution in [0.25, 0.3) is 16.9 Å². The number of benzene rings is 1. The van der Waals surface area contributed by atoms with E-state index in [1.54, 1.807) is 4.52 Å². The molecule has 0 unspecified atom stereocenters. The molecule has 1 aromatic carbocycles. The molecule has 0 saturated heterocycles. The molecule has 2 heterocycles. The van der Waals surface area contributed by atoms with Crippen molar-refractivity contribution in [2.24, 2.45) is 0 Å². The highest BCUT2D eigenvalue weighted by atomic mass is 16.1. The molecule has 0 atom stereocenters. The summed E-state index contributed by atoms with van der Waals surface area (Å²) in [6.07, 6.45) is 2.29. The normalized spacial score (nSPS) is 10.8. The minimum absolute atomic E-state index is 0.460. The summed E-state index contributed by atoms with van der Waals surface area (Å²) >= 11 is 0. The zero-order valence-corrected chi connectivity index (χ0v) is 10.8. The fourth-order valence-electron chi connectivity index (χ4n) is 2.13. The molecule has 0 radical (unpaired) electrons. The molecule has 0 aliphatic carbocycles. The molecule has 3 aromatic rings. The zero-order valence-electron chi connectivity index (χ0n) is 10.8. The number of rotatable bonds is 2. The first-order chi connectivity index (χ1) is 9.19. The molecule has 19 heavy (non-hydrogen) atoms. The lowest BCUT2D eigenvalue weighted by Crippen LogP contribution is -1.99. The lowest BCUT2D eigenvalue weighted by Gasteiger charge is -2.07. The first-order valence-electron chi connectivity index (χ1n) is 6.06. The average Bonchev–Trinajstić information content (AvgIpc) is 2.83. The van der Waals surface area contributed by atoms with E-state index in [0.29, 0.717) is 11.3 Å². The first-order valence-corrected chi connectivity index (χ1v) is 6.06. The number of aryl methyl sites for hydroxylation is 2. The molecule has 4 heteroatoms. The monoisotopic (exact) mass is 251 g/mol. The smallest absolute Gasteiger partial charge is 0.170 e. The quantitative estimate of drug-likeness (QED) is 0.658. The molecule has 0 spiro atoms. The number of aldehydes is 1. The Morgan fingerprint density at radius 3 is 2.79 bits per heavy atom. The summed E-state index contributed by atoms with van der Waals surface area (Å²) in [5.41, 5.74) is 5.40. The zero-order chi connectivity index (χ0) is 13.4. The fourth-order valence-corrected chi connectivity index (χ4v) is 2.13. The standard InChI is InChI=1S/C15H13N3O/c1-10-3-4-11(2)13(7-10)14-5-6-15-16-8-12(9-19)18(15)17-14/h3-9H,1-2H3. The topological polar surface area (TPSA) is 47.3 Å². The Balaban J connectivity index is 2.24. The summed E-state index contributed by atoms with van der Waals surface area (Å²) in [6.45, 7) is 4.10. The van der Waals surface area contributed by atoms with Crippen LogP contribution in [-0.2, 0) is 0 Å². The van der Waals surface area contributed by atoms with E-state index in [4.69, 9.17) is 0 Å². The van der Waals surface area contributed by atoms with E-state index in [-0.39, 0.29) is 0 Å². The predicted molar refractivity (Wildman–Crippen MR) is 73.3 cm³/mol. The highest BCUT2D eigenvalue weighted by Crippen LogP contribution is 2.23. The molecule has 0 saturated carbocycles. The summed E-state index contributed by atoms with van der Waals surface area (Å²) in [5.74, 6) is 0. The second kappa shape index (κ2) is 4.31. The van der Waals surface area contributed by atoms with E-state index in [2.05, 4.69) is 42.1 Å². The van der Waals surface area contributed by atoms with E-state index in [1.165, 1.54) is 11.8 Å². The number of carbonyl (C=O) groups is 1. The van der Waals surface area contributed by atoms with Crippen molar-refractivity contribution in [1.82, 2.24) is 14.6 Å². The van der Waals surface area contributed by atoms with Gasteiger partial charge in [0.2, 0.25) is 0 Å². The Kier molecular flexibility index (Phi) is 2.63. The van der Waals surface area contributed by atoms with Gasteiger partial charge in [0.1, 0.15) is 5.69 Å². The lowest BCUT2D eigenvalue weighted by atomic mass is 10.0. The highest BCUT2D eigenvalue weighted by molar-refractivity contribution is 5.74. The molecular formula is C15H13N3O. The van der Waals surface area contributed by atoms with Gasteiger partial charge >= 0.3 is 0 Å². The third-order valence-corrected chi connectivity index (χ3v) is 3.18. The molecule has 0 N–H and O–H groups in total. The Morgan fingerprint density at radius 1 is 1.16 bits per heavy atom. The molecule has 0 amide bonds. The van der Waals surface area contributed by atoms with Crippen molar-refractivity contribution in [2.45, 2.75) is 13.8 Å². The van der Waals surface area contributed by atoms with Crippen molar-refractivity contribution < 1.29 is 4.79 Å². The van der Waals surface area contributed by atoms with E-state index in [9.17, 15) is 4.79 Å². The van der Waals surface area contributed by atoms with E-state index in [1.807, 2.05) is 12.1 Å². The molecule has 4 nitrogen and oxygen atoms in total. The van der Waals surface area contributed by atoms with Gasteiger partial charge in [-0.3, -0.25) is 4.79 Å². The first kappa shape index (κ1) is 11.6. The number of nitrogens with zero attached hydrogens (tertiary/aromatic N) is 3. The van der Waals surface area contributed by atoms with Gasteiger partial charge < -0.3 is 0 Å². The van der Waals surface area contributed by atoms with E-state index in [0.717, 1.165) is 23.1 Å². The Hall–Kier alpha value is -2.49.